The van der Waals surface area contributed by atoms with Crippen LogP contribution in [0.5, 0.6) is 0 Å². The predicted molar refractivity (Wildman–Crippen MR) is 133 cm³/mol. The highest BCUT2D eigenvalue weighted by atomic mass is 32.2. The Morgan fingerprint density at radius 1 is 1.23 bits per heavy atom. The summed E-state index contributed by atoms with van der Waals surface area (Å²) in [5, 5.41) is 9.33. The first-order valence-corrected chi connectivity index (χ1v) is 12.6. The Labute approximate surface area is 205 Å². The lowest BCUT2D eigenvalue weighted by Gasteiger charge is -2.28. The number of ketones is 1. The molecule has 1 aliphatic carbocycles. The van der Waals surface area contributed by atoms with E-state index < -0.39 is 17.0 Å². The lowest BCUT2D eigenvalue weighted by atomic mass is 10.1. The zero-order valence-electron chi connectivity index (χ0n) is 19.4. The number of ether oxygens (including phenoxy) is 1. The molecule has 12 heteroatoms. The van der Waals surface area contributed by atoms with E-state index in [-0.39, 0.29) is 23.2 Å². The molecule has 3 N–H and O–H groups in total. The summed E-state index contributed by atoms with van der Waals surface area (Å²) in [6.45, 7) is 4.66. The molecule has 1 saturated heterocycles. The van der Waals surface area contributed by atoms with E-state index in [2.05, 4.69) is 39.1 Å². The van der Waals surface area contributed by atoms with Crippen LogP contribution < -0.4 is 21.9 Å². The standard InChI is InChI=1S/C23H27N7O4S/c1-2-14-4-3-5-16(12-14)30-21(28-8-10-34-11-9-28)26-27-23(30)35-13-17(31)18-19(24)29(15-6-7-15)22(33)25-20(18)32/h3-5,12,15H,2,6-11,13,24H2,1H3,(H,25,32,33). The van der Waals surface area contributed by atoms with E-state index in [0.29, 0.717) is 37.4 Å². The number of aromatic nitrogens is 5. The number of carbonyl (C=O) groups is 1. The van der Waals surface area contributed by atoms with Crippen LogP contribution in [-0.2, 0) is 11.2 Å². The van der Waals surface area contributed by atoms with E-state index in [1.54, 1.807) is 0 Å². The van der Waals surface area contributed by atoms with E-state index in [9.17, 15) is 14.4 Å². The highest BCUT2D eigenvalue weighted by molar-refractivity contribution is 7.99. The van der Waals surface area contributed by atoms with E-state index in [1.807, 2.05) is 16.7 Å². The van der Waals surface area contributed by atoms with Crippen molar-refractivity contribution in [3.8, 4) is 5.69 Å². The second-order valence-corrected chi connectivity index (χ2v) is 9.52. The fourth-order valence-corrected chi connectivity index (χ4v) is 5.02. The molecule has 0 spiro atoms. The van der Waals surface area contributed by atoms with Crippen LogP contribution in [0.3, 0.4) is 0 Å². The summed E-state index contributed by atoms with van der Waals surface area (Å²) in [6.07, 6.45) is 2.47. The molecule has 11 nitrogen and oxygen atoms in total. The first-order valence-electron chi connectivity index (χ1n) is 11.7. The largest absolute Gasteiger partial charge is 0.384 e. The van der Waals surface area contributed by atoms with Gasteiger partial charge in [0, 0.05) is 19.1 Å². The Kier molecular flexibility index (Phi) is 6.48. The summed E-state index contributed by atoms with van der Waals surface area (Å²) in [5.74, 6) is 0.0623. The SMILES string of the molecule is CCc1cccc(-n2c(SCC(=O)c3c(N)n(C4CC4)c(=O)[nH]c3=O)nnc2N2CCOCC2)c1. The van der Waals surface area contributed by atoms with Crippen LogP contribution in [0.15, 0.2) is 39.0 Å². The van der Waals surface area contributed by atoms with Gasteiger partial charge in [-0.05, 0) is 37.0 Å². The number of rotatable bonds is 8. The summed E-state index contributed by atoms with van der Waals surface area (Å²) in [5.41, 5.74) is 6.64. The Morgan fingerprint density at radius 3 is 2.71 bits per heavy atom. The summed E-state index contributed by atoms with van der Waals surface area (Å²) in [4.78, 5) is 42.1. The molecule has 2 aliphatic rings. The molecule has 3 aromatic rings. The molecule has 0 amide bonds. The minimum atomic E-state index is -0.763. The van der Waals surface area contributed by atoms with Crippen LogP contribution in [-0.4, -0.2) is 62.2 Å². The number of carbonyl (C=O) groups excluding carboxylic acids is 1. The van der Waals surface area contributed by atoms with Gasteiger partial charge in [-0.25, -0.2) is 4.79 Å². The molecule has 35 heavy (non-hydrogen) atoms. The zero-order valence-corrected chi connectivity index (χ0v) is 20.2. The maximum Gasteiger partial charge on any atom is 0.330 e. The Hall–Kier alpha value is -3.38. The van der Waals surface area contributed by atoms with E-state index in [0.717, 1.165) is 30.5 Å². The third-order valence-electron chi connectivity index (χ3n) is 6.19. The molecule has 184 valence electrons. The number of aromatic amines is 1. The summed E-state index contributed by atoms with van der Waals surface area (Å²) < 4.78 is 8.73. The van der Waals surface area contributed by atoms with Crippen LogP contribution in [0.2, 0.25) is 0 Å². The molecule has 2 fully saturated rings. The number of anilines is 2. The van der Waals surface area contributed by atoms with Gasteiger partial charge in [-0.15, -0.1) is 10.2 Å². The first kappa shape index (κ1) is 23.4. The number of H-pyrrole nitrogens is 1. The number of hydrogen-bond donors (Lipinski definition) is 2. The third kappa shape index (κ3) is 4.63. The molecule has 0 bridgehead atoms. The number of morpholine rings is 1. The Bertz CT molecular complexity index is 1370. The fraction of sp³-hybridized carbons (Fsp3) is 0.435. The monoisotopic (exact) mass is 497 g/mol. The second kappa shape index (κ2) is 9.70. The normalized spacial score (nSPS) is 16.0. The van der Waals surface area contributed by atoms with E-state index >= 15 is 0 Å². The molecule has 1 aromatic carbocycles. The topological polar surface area (TPSA) is 141 Å². The average Bonchev–Trinajstić information content (AvgIpc) is 3.60. The molecule has 5 rings (SSSR count). The lowest BCUT2D eigenvalue weighted by molar-refractivity contribution is 0.102. The summed E-state index contributed by atoms with van der Waals surface area (Å²) >= 11 is 1.18. The first-order chi connectivity index (χ1) is 17.0. The number of nitrogens with one attached hydrogen (secondary N) is 1. The van der Waals surface area contributed by atoms with Gasteiger partial charge in [-0.1, -0.05) is 30.8 Å². The lowest BCUT2D eigenvalue weighted by Crippen LogP contribution is -2.38. The van der Waals surface area contributed by atoms with E-state index in [1.165, 1.54) is 16.3 Å². The van der Waals surface area contributed by atoms with Gasteiger partial charge in [0.2, 0.25) is 5.95 Å². The minimum absolute atomic E-state index is 0.0661. The molecule has 1 aliphatic heterocycles. The molecule has 0 unspecified atom stereocenters. The Morgan fingerprint density at radius 2 is 2.00 bits per heavy atom. The van der Waals surface area contributed by atoms with Gasteiger partial charge < -0.3 is 15.4 Å². The average molecular weight is 498 g/mol. The third-order valence-corrected chi connectivity index (χ3v) is 7.12. The molecule has 1 saturated carbocycles. The number of nitrogens with zero attached hydrogens (tertiary/aromatic N) is 5. The number of hydrogen-bond acceptors (Lipinski definition) is 9. The van der Waals surface area contributed by atoms with Crippen molar-refractivity contribution in [1.29, 1.82) is 0 Å². The molecule has 0 radical (unpaired) electrons. The molecule has 0 atom stereocenters. The highest BCUT2D eigenvalue weighted by Crippen LogP contribution is 2.35. The van der Waals surface area contributed by atoms with Crippen molar-refractivity contribution < 1.29 is 9.53 Å². The maximum atomic E-state index is 13.1. The van der Waals surface area contributed by atoms with Crippen LogP contribution in [0, 0.1) is 0 Å². The smallest absolute Gasteiger partial charge is 0.330 e. The summed E-state index contributed by atoms with van der Waals surface area (Å²) in [6, 6.07) is 8.03. The van der Waals surface area contributed by atoms with Gasteiger partial charge in [0.15, 0.2) is 10.9 Å². The number of benzene rings is 1. The molecule has 2 aromatic heterocycles. The molecular weight excluding hydrogens is 470 g/mol. The van der Waals surface area contributed by atoms with Crippen molar-refractivity contribution in [1.82, 2.24) is 24.3 Å². The van der Waals surface area contributed by atoms with Crippen molar-refractivity contribution in [3.63, 3.8) is 0 Å². The number of Topliss-reactive ketones (excluding diaryl/α,β-unsaturated/α-hetero) is 1. The highest BCUT2D eigenvalue weighted by Gasteiger charge is 2.30. The van der Waals surface area contributed by atoms with Gasteiger partial charge >= 0.3 is 5.69 Å². The van der Waals surface area contributed by atoms with Gasteiger partial charge in [-0.2, -0.15) is 0 Å². The molecular formula is C23H27N7O4S. The van der Waals surface area contributed by atoms with Crippen molar-refractivity contribution in [2.75, 3.05) is 42.7 Å². The second-order valence-electron chi connectivity index (χ2n) is 8.57. The van der Waals surface area contributed by atoms with E-state index in [4.69, 9.17) is 10.5 Å². The summed E-state index contributed by atoms with van der Waals surface area (Å²) in [7, 11) is 0. The number of nitrogens with two attached hydrogens (primary N) is 1. The van der Waals surface area contributed by atoms with Gasteiger partial charge in [-0.3, -0.25) is 23.7 Å². The van der Waals surface area contributed by atoms with Gasteiger partial charge in [0.05, 0.1) is 24.7 Å². The predicted octanol–water partition coefficient (Wildman–Crippen LogP) is 1.41. The zero-order chi connectivity index (χ0) is 24.5. The maximum absolute atomic E-state index is 13.1. The van der Waals surface area contributed by atoms with Crippen LogP contribution in [0.25, 0.3) is 5.69 Å². The van der Waals surface area contributed by atoms with Crippen molar-refractivity contribution in [3.05, 3.63) is 56.2 Å². The Balaban J connectivity index is 1.46. The fourth-order valence-electron chi connectivity index (χ4n) is 4.20. The van der Waals surface area contributed by atoms with Crippen molar-refractivity contribution >= 4 is 29.3 Å². The number of nitrogen functional groups attached to an aromatic ring is 1. The van der Waals surface area contributed by atoms with Crippen LogP contribution in [0.1, 0.15) is 41.7 Å². The van der Waals surface area contributed by atoms with Gasteiger partial charge in [0.25, 0.3) is 5.56 Å². The number of thioether (sulfide) groups is 1. The quantitative estimate of drug-likeness (QED) is 0.349. The van der Waals surface area contributed by atoms with Crippen LogP contribution >= 0.6 is 11.8 Å². The number of aryl methyl sites for hydroxylation is 1. The van der Waals surface area contributed by atoms with Crippen molar-refractivity contribution in [2.24, 2.45) is 0 Å². The molecule has 3 heterocycles. The van der Waals surface area contributed by atoms with Crippen LogP contribution in [0.4, 0.5) is 11.8 Å². The minimum Gasteiger partial charge on any atom is -0.384 e. The van der Waals surface area contributed by atoms with Crippen molar-refractivity contribution in [2.45, 2.75) is 37.4 Å². The van der Waals surface area contributed by atoms with Gasteiger partial charge in [0.1, 0.15) is 11.4 Å².